The Morgan fingerprint density at radius 3 is 1.96 bits per heavy atom. The molecule has 2 aromatic rings. The average molecular weight is 382 g/mol. The van der Waals surface area contributed by atoms with E-state index in [1.807, 2.05) is 12.1 Å². The highest BCUT2D eigenvalue weighted by Crippen LogP contribution is 2.61. The number of hydrogen-bond donors (Lipinski definition) is 0. The molecule has 0 amide bonds. The van der Waals surface area contributed by atoms with E-state index >= 15 is 0 Å². The van der Waals surface area contributed by atoms with Gasteiger partial charge in [0.05, 0.1) is 6.61 Å². The van der Waals surface area contributed by atoms with Gasteiger partial charge in [0.2, 0.25) is 0 Å². The van der Waals surface area contributed by atoms with Crippen molar-refractivity contribution in [1.82, 2.24) is 0 Å². The van der Waals surface area contributed by atoms with E-state index in [0.717, 1.165) is 5.57 Å². The molecular formula is C22H23O4P. The van der Waals surface area contributed by atoms with E-state index in [2.05, 4.69) is 0 Å². The number of carbonyl (C=O) groups is 2. The second kappa shape index (κ2) is 7.66. The van der Waals surface area contributed by atoms with E-state index < -0.39 is 18.3 Å². The molecule has 0 aromatic heterocycles. The van der Waals surface area contributed by atoms with Crippen molar-refractivity contribution in [3.63, 3.8) is 0 Å². The molecule has 0 saturated heterocycles. The first kappa shape index (κ1) is 19.3. The van der Waals surface area contributed by atoms with Gasteiger partial charge in [-0.3, -0.25) is 9.59 Å². The Balaban J connectivity index is 2.34. The molecule has 1 aliphatic carbocycles. The minimum Gasteiger partial charge on any atom is -0.465 e. The van der Waals surface area contributed by atoms with Crippen molar-refractivity contribution in [2.75, 3.05) is 6.61 Å². The fourth-order valence-electron chi connectivity index (χ4n) is 3.87. The van der Waals surface area contributed by atoms with E-state index in [1.54, 1.807) is 62.4 Å². The minimum absolute atomic E-state index is 0.121. The largest absolute Gasteiger partial charge is 0.465 e. The van der Waals surface area contributed by atoms with Crippen LogP contribution in [0.5, 0.6) is 0 Å². The Bertz CT molecular complexity index is 874. The van der Waals surface area contributed by atoms with Crippen molar-refractivity contribution in [3.8, 4) is 0 Å². The highest BCUT2D eigenvalue weighted by molar-refractivity contribution is 7.81. The fraction of sp³-hybridized carbons (Fsp3) is 0.273. The first-order valence-corrected chi connectivity index (χ1v) is 10.7. The maximum absolute atomic E-state index is 14.8. The van der Waals surface area contributed by atoms with Crippen LogP contribution in [0.1, 0.15) is 26.7 Å². The third-order valence-corrected chi connectivity index (χ3v) is 8.70. The first-order valence-electron chi connectivity index (χ1n) is 9.02. The smallest absolute Gasteiger partial charge is 0.321 e. The molecular weight excluding hydrogens is 359 g/mol. The number of esters is 1. The van der Waals surface area contributed by atoms with Crippen molar-refractivity contribution in [2.24, 2.45) is 0 Å². The predicted octanol–water partition coefficient (Wildman–Crippen LogP) is 3.61. The van der Waals surface area contributed by atoms with E-state index in [-0.39, 0.29) is 25.2 Å². The van der Waals surface area contributed by atoms with Crippen molar-refractivity contribution >= 4 is 29.5 Å². The Labute approximate surface area is 159 Å². The fourth-order valence-corrected chi connectivity index (χ4v) is 7.51. The van der Waals surface area contributed by atoms with E-state index in [9.17, 15) is 14.2 Å². The van der Waals surface area contributed by atoms with Gasteiger partial charge in [0.15, 0.2) is 12.9 Å². The molecule has 1 atom stereocenters. The van der Waals surface area contributed by atoms with Gasteiger partial charge in [0.25, 0.3) is 0 Å². The second-order valence-corrected chi connectivity index (χ2v) is 9.95. The zero-order chi connectivity index (χ0) is 19.5. The minimum atomic E-state index is -3.53. The van der Waals surface area contributed by atoms with Crippen LogP contribution in [0, 0.1) is 0 Å². The van der Waals surface area contributed by atoms with Crippen LogP contribution in [0.4, 0.5) is 0 Å². The summed E-state index contributed by atoms with van der Waals surface area (Å²) < 4.78 is 20.2. The molecule has 1 unspecified atom stereocenters. The summed E-state index contributed by atoms with van der Waals surface area (Å²) in [6, 6.07) is 18.0. The van der Waals surface area contributed by atoms with Crippen LogP contribution in [0.15, 0.2) is 72.3 Å². The maximum Gasteiger partial charge on any atom is 0.321 e. The Hall–Kier alpha value is -2.45. The molecule has 0 heterocycles. The summed E-state index contributed by atoms with van der Waals surface area (Å²) in [5, 5.41) is -0.305. The number of rotatable bonds is 5. The summed E-state index contributed by atoms with van der Waals surface area (Å²) in [7, 11) is -3.53. The topological polar surface area (TPSA) is 60.4 Å². The zero-order valence-electron chi connectivity index (χ0n) is 15.6. The molecule has 0 fully saturated rings. The number of carbonyl (C=O) groups excluding carboxylic acids is 2. The van der Waals surface area contributed by atoms with E-state index in [4.69, 9.17) is 4.74 Å². The van der Waals surface area contributed by atoms with Gasteiger partial charge >= 0.3 is 5.97 Å². The van der Waals surface area contributed by atoms with Crippen LogP contribution in [0.2, 0.25) is 0 Å². The SMILES string of the molecule is CCOC(=O)C1(P(=O)(c2ccccc2)c2ccccc2)CC(=O)C=C(C)C1. The molecule has 0 saturated carbocycles. The normalized spacial score (nSPS) is 20.1. The average Bonchev–Trinajstić information content (AvgIpc) is 2.68. The molecule has 5 heteroatoms. The van der Waals surface area contributed by atoms with Crippen LogP contribution in [0.25, 0.3) is 0 Å². The molecule has 2 aromatic carbocycles. The number of ether oxygens (including phenoxy) is 1. The molecule has 3 rings (SSSR count). The highest BCUT2D eigenvalue weighted by atomic mass is 31.2. The van der Waals surface area contributed by atoms with Crippen LogP contribution in [-0.4, -0.2) is 23.5 Å². The van der Waals surface area contributed by atoms with Gasteiger partial charge in [-0.05, 0) is 26.3 Å². The van der Waals surface area contributed by atoms with Gasteiger partial charge in [0, 0.05) is 17.0 Å². The molecule has 4 nitrogen and oxygen atoms in total. The lowest BCUT2D eigenvalue weighted by Crippen LogP contribution is -2.49. The lowest BCUT2D eigenvalue weighted by Gasteiger charge is -2.40. The van der Waals surface area contributed by atoms with E-state index in [1.165, 1.54) is 6.08 Å². The summed E-state index contributed by atoms with van der Waals surface area (Å²) in [4.78, 5) is 25.7. The Kier molecular flexibility index (Phi) is 5.48. The van der Waals surface area contributed by atoms with Gasteiger partial charge in [-0.15, -0.1) is 0 Å². The molecule has 0 N–H and O–H groups in total. The summed E-state index contributed by atoms with van der Waals surface area (Å²) >= 11 is 0. The van der Waals surface area contributed by atoms with Crippen LogP contribution in [0.3, 0.4) is 0 Å². The maximum atomic E-state index is 14.8. The van der Waals surface area contributed by atoms with Crippen molar-refractivity contribution in [1.29, 1.82) is 0 Å². The monoisotopic (exact) mass is 382 g/mol. The van der Waals surface area contributed by atoms with Gasteiger partial charge < -0.3 is 9.30 Å². The highest BCUT2D eigenvalue weighted by Gasteiger charge is 2.58. The molecule has 27 heavy (non-hydrogen) atoms. The second-order valence-electron chi connectivity index (χ2n) is 6.84. The molecule has 0 spiro atoms. The third kappa shape index (κ3) is 3.30. The van der Waals surface area contributed by atoms with Crippen molar-refractivity contribution in [2.45, 2.75) is 31.8 Å². The predicted molar refractivity (Wildman–Crippen MR) is 107 cm³/mol. The Morgan fingerprint density at radius 2 is 1.52 bits per heavy atom. The lowest BCUT2D eigenvalue weighted by molar-refractivity contribution is -0.147. The van der Waals surface area contributed by atoms with Gasteiger partial charge in [-0.25, -0.2) is 0 Å². The number of hydrogen-bond acceptors (Lipinski definition) is 4. The number of ketones is 1. The first-order chi connectivity index (χ1) is 12.9. The number of benzene rings is 2. The third-order valence-electron chi connectivity index (χ3n) is 4.94. The van der Waals surface area contributed by atoms with Crippen LogP contribution >= 0.6 is 7.14 Å². The van der Waals surface area contributed by atoms with Gasteiger partial charge in [-0.2, -0.15) is 0 Å². The molecule has 0 bridgehead atoms. The molecule has 0 aliphatic heterocycles. The van der Waals surface area contributed by atoms with Gasteiger partial charge in [-0.1, -0.05) is 66.2 Å². The van der Waals surface area contributed by atoms with Crippen molar-refractivity contribution in [3.05, 3.63) is 72.3 Å². The van der Waals surface area contributed by atoms with Crippen LogP contribution in [-0.2, 0) is 18.9 Å². The molecule has 140 valence electrons. The summed E-state index contributed by atoms with van der Waals surface area (Å²) in [6.07, 6.45) is 1.65. The summed E-state index contributed by atoms with van der Waals surface area (Å²) in [6.45, 7) is 3.68. The van der Waals surface area contributed by atoms with Gasteiger partial charge in [0.1, 0.15) is 5.16 Å². The Morgan fingerprint density at radius 1 is 1.00 bits per heavy atom. The van der Waals surface area contributed by atoms with Crippen molar-refractivity contribution < 1.29 is 18.9 Å². The van der Waals surface area contributed by atoms with E-state index in [0.29, 0.717) is 10.6 Å². The molecule has 0 radical (unpaired) electrons. The molecule has 1 aliphatic rings. The zero-order valence-corrected chi connectivity index (χ0v) is 16.4. The number of allylic oxidation sites excluding steroid dienone is 2. The van der Waals surface area contributed by atoms with Crippen LogP contribution < -0.4 is 10.6 Å². The lowest BCUT2D eigenvalue weighted by atomic mass is 9.87. The summed E-state index contributed by atoms with van der Waals surface area (Å²) in [5.74, 6) is -0.763. The standard InChI is InChI=1S/C22H23O4P/c1-3-26-21(24)22(15-17(2)14-18(23)16-22)27(25,19-10-6-4-7-11-19)20-12-8-5-9-13-20/h4-14H,3,15-16H2,1-2H3. The summed E-state index contributed by atoms with van der Waals surface area (Å²) in [5.41, 5.74) is 0.742. The quantitative estimate of drug-likeness (QED) is 0.586.